The molecule has 2 N–H and O–H groups in total. The first kappa shape index (κ1) is 18.6. The van der Waals surface area contributed by atoms with Crippen molar-refractivity contribution in [1.29, 1.82) is 0 Å². The van der Waals surface area contributed by atoms with E-state index in [2.05, 4.69) is 10.3 Å². The maximum Gasteiger partial charge on any atom is 0.223 e. The molecule has 28 heavy (non-hydrogen) atoms. The molecule has 146 valence electrons. The van der Waals surface area contributed by atoms with Gasteiger partial charge in [0.05, 0.1) is 18.7 Å². The van der Waals surface area contributed by atoms with E-state index in [-0.39, 0.29) is 42.3 Å². The quantitative estimate of drug-likeness (QED) is 0.804. The monoisotopic (exact) mass is 379 g/mol. The molecule has 2 aromatic rings. The fourth-order valence-electron chi connectivity index (χ4n) is 4.21. The van der Waals surface area contributed by atoms with Crippen molar-refractivity contribution in [2.24, 2.45) is 5.92 Å². The predicted molar refractivity (Wildman–Crippen MR) is 105 cm³/mol. The van der Waals surface area contributed by atoms with Crippen molar-refractivity contribution in [3.8, 4) is 11.1 Å². The average Bonchev–Trinajstić information content (AvgIpc) is 3.53. The first-order chi connectivity index (χ1) is 13.6. The molecule has 6 nitrogen and oxygen atoms in total. The molecule has 1 aromatic carbocycles. The molecule has 0 unspecified atom stereocenters. The third-order valence-electron chi connectivity index (χ3n) is 5.82. The van der Waals surface area contributed by atoms with E-state index in [0.29, 0.717) is 6.54 Å². The molecular formula is C22H25N3O3. The maximum absolute atomic E-state index is 12.1. The van der Waals surface area contributed by atoms with E-state index < -0.39 is 0 Å². The molecule has 6 heteroatoms. The van der Waals surface area contributed by atoms with Crippen LogP contribution in [0.5, 0.6) is 0 Å². The van der Waals surface area contributed by atoms with E-state index in [1.54, 1.807) is 11.1 Å². The number of aliphatic hydroxyl groups excluding tert-OH is 1. The zero-order chi connectivity index (χ0) is 19.7. The molecule has 2 fully saturated rings. The maximum atomic E-state index is 12.1. The number of amides is 2. The van der Waals surface area contributed by atoms with Gasteiger partial charge in [-0.25, -0.2) is 0 Å². The summed E-state index contributed by atoms with van der Waals surface area (Å²) in [5, 5.41) is 12.9. The Labute approximate surface area is 164 Å². The lowest BCUT2D eigenvalue weighted by molar-refractivity contribution is -0.148. The average molecular weight is 379 g/mol. The van der Waals surface area contributed by atoms with Gasteiger partial charge in [-0.3, -0.25) is 14.6 Å². The minimum absolute atomic E-state index is 0.00338. The van der Waals surface area contributed by atoms with Gasteiger partial charge < -0.3 is 15.3 Å². The third kappa shape index (κ3) is 3.52. The lowest BCUT2D eigenvalue weighted by atomic mass is 9.74. The van der Waals surface area contributed by atoms with Crippen molar-refractivity contribution in [1.82, 2.24) is 15.2 Å². The van der Waals surface area contributed by atoms with Crippen LogP contribution in [0, 0.1) is 5.92 Å². The van der Waals surface area contributed by atoms with Crippen LogP contribution in [-0.4, -0.2) is 52.0 Å². The zero-order valence-electron chi connectivity index (χ0n) is 15.9. The molecule has 2 heterocycles. The number of carbonyl (C=O) groups is 2. The van der Waals surface area contributed by atoms with Crippen LogP contribution < -0.4 is 5.32 Å². The van der Waals surface area contributed by atoms with Gasteiger partial charge in [-0.1, -0.05) is 30.3 Å². The Balaban J connectivity index is 1.54. The van der Waals surface area contributed by atoms with Crippen LogP contribution in [0.1, 0.15) is 31.2 Å². The van der Waals surface area contributed by atoms with E-state index in [1.165, 1.54) is 6.92 Å². The summed E-state index contributed by atoms with van der Waals surface area (Å²) in [6, 6.07) is 11.7. The van der Waals surface area contributed by atoms with Gasteiger partial charge in [-0.15, -0.1) is 0 Å². The summed E-state index contributed by atoms with van der Waals surface area (Å²) in [4.78, 5) is 30.0. The lowest BCUT2D eigenvalue weighted by Gasteiger charge is -2.54. The second-order valence-corrected chi connectivity index (χ2v) is 7.65. The molecule has 1 aromatic heterocycles. The molecule has 1 aliphatic carbocycles. The smallest absolute Gasteiger partial charge is 0.223 e. The van der Waals surface area contributed by atoms with Crippen molar-refractivity contribution in [3.63, 3.8) is 0 Å². The number of likely N-dealkylation sites (tertiary alicyclic amines) is 1. The first-order valence-corrected chi connectivity index (χ1v) is 9.78. The highest BCUT2D eigenvalue weighted by Crippen LogP contribution is 2.41. The van der Waals surface area contributed by atoms with Crippen LogP contribution in [-0.2, 0) is 9.59 Å². The summed E-state index contributed by atoms with van der Waals surface area (Å²) in [5.74, 6) is 0.127. The number of hydrogen-bond donors (Lipinski definition) is 2. The number of carbonyl (C=O) groups excluding carboxylic acids is 2. The van der Waals surface area contributed by atoms with Gasteiger partial charge in [0.15, 0.2) is 0 Å². The fourth-order valence-corrected chi connectivity index (χ4v) is 4.21. The van der Waals surface area contributed by atoms with Crippen LogP contribution in [0.15, 0.2) is 48.8 Å². The Morgan fingerprint density at radius 2 is 1.89 bits per heavy atom. The van der Waals surface area contributed by atoms with Gasteiger partial charge in [-0.05, 0) is 35.6 Å². The van der Waals surface area contributed by atoms with Crippen LogP contribution in [0.2, 0.25) is 0 Å². The topological polar surface area (TPSA) is 82.5 Å². The SMILES string of the molecule is CC(=O)N1[C@H](CO)[C@H](c2ccc(-c3cccnc3)cc2)[C@@H]1CNC(=O)C1CC1. The van der Waals surface area contributed by atoms with E-state index >= 15 is 0 Å². The number of aromatic nitrogens is 1. The highest BCUT2D eigenvalue weighted by molar-refractivity contribution is 5.81. The molecule has 0 radical (unpaired) electrons. The van der Waals surface area contributed by atoms with Crippen LogP contribution in [0.3, 0.4) is 0 Å². The van der Waals surface area contributed by atoms with Gasteiger partial charge >= 0.3 is 0 Å². The third-order valence-corrected chi connectivity index (χ3v) is 5.82. The summed E-state index contributed by atoms with van der Waals surface area (Å²) in [7, 11) is 0. The van der Waals surface area contributed by atoms with Crippen molar-refractivity contribution < 1.29 is 14.7 Å². The molecule has 4 rings (SSSR count). The molecule has 0 bridgehead atoms. The predicted octanol–water partition coefficient (Wildman–Crippen LogP) is 1.95. The molecular weight excluding hydrogens is 354 g/mol. The number of benzene rings is 1. The Morgan fingerprint density at radius 3 is 2.46 bits per heavy atom. The Bertz CT molecular complexity index is 849. The minimum Gasteiger partial charge on any atom is -0.394 e. The zero-order valence-corrected chi connectivity index (χ0v) is 15.9. The molecule has 1 saturated carbocycles. The summed E-state index contributed by atoms with van der Waals surface area (Å²) in [6.07, 6.45) is 5.47. The largest absolute Gasteiger partial charge is 0.394 e. The van der Waals surface area contributed by atoms with Crippen LogP contribution in [0.4, 0.5) is 0 Å². The molecule has 0 spiro atoms. The van der Waals surface area contributed by atoms with Gasteiger partial charge in [0.1, 0.15) is 0 Å². The van der Waals surface area contributed by atoms with Gasteiger partial charge in [0, 0.05) is 37.7 Å². The number of hydrogen-bond acceptors (Lipinski definition) is 4. The number of pyridine rings is 1. The molecule has 3 atom stereocenters. The van der Waals surface area contributed by atoms with Gasteiger partial charge in [0.25, 0.3) is 0 Å². The highest BCUT2D eigenvalue weighted by atomic mass is 16.3. The summed E-state index contributed by atoms with van der Waals surface area (Å²) >= 11 is 0. The Morgan fingerprint density at radius 1 is 1.14 bits per heavy atom. The minimum atomic E-state index is -0.260. The number of nitrogens with one attached hydrogen (secondary N) is 1. The van der Waals surface area contributed by atoms with E-state index in [0.717, 1.165) is 29.5 Å². The molecule has 2 amide bonds. The molecule has 1 saturated heterocycles. The van der Waals surface area contributed by atoms with E-state index in [4.69, 9.17) is 0 Å². The second kappa shape index (κ2) is 7.72. The van der Waals surface area contributed by atoms with Gasteiger partial charge in [0.2, 0.25) is 11.8 Å². The molecule has 1 aliphatic heterocycles. The summed E-state index contributed by atoms with van der Waals surface area (Å²) < 4.78 is 0. The van der Waals surface area contributed by atoms with E-state index in [9.17, 15) is 14.7 Å². The fraction of sp³-hybridized carbons (Fsp3) is 0.409. The van der Waals surface area contributed by atoms with Crippen molar-refractivity contribution in [2.45, 2.75) is 37.8 Å². The lowest BCUT2D eigenvalue weighted by Crippen LogP contribution is -2.68. The first-order valence-electron chi connectivity index (χ1n) is 9.78. The standard InChI is InChI=1S/C22H25N3O3/c1-14(27)25-19(12-24-22(28)17-8-9-17)21(20(25)13-26)16-6-4-15(5-7-16)18-3-2-10-23-11-18/h2-7,10-11,17,19-21,26H,8-9,12-13H2,1H3,(H,24,28)/t19-,20+,21+/m0/s1. The number of nitrogens with zero attached hydrogens (tertiary/aromatic N) is 2. The normalized spacial score (nSPS) is 23.8. The second-order valence-electron chi connectivity index (χ2n) is 7.65. The van der Waals surface area contributed by atoms with Crippen LogP contribution >= 0.6 is 0 Å². The van der Waals surface area contributed by atoms with Crippen molar-refractivity contribution in [2.75, 3.05) is 13.2 Å². The van der Waals surface area contributed by atoms with Crippen LogP contribution in [0.25, 0.3) is 11.1 Å². The Hall–Kier alpha value is -2.73. The summed E-state index contributed by atoms with van der Waals surface area (Å²) in [6.45, 7) is 1.84. The Kier molecular flexibility index (Phi) is 5.13. The summed E-state index contributed by atoms with van der Waals surface area (Å²) in [5.41, 5.74) is 3.17. The van der Waals surface area contributed by atoms with Crippen molar-refractivity contribution in [3.05, 3.63) is 54.4 Å². The number of rotatable bonds is 6. The molecule has 2 aliphatic rings. The van der Waals surface area contributed by atoms with Crippen molar-refractivity contribution >= 4 is 11.8 Å². The van der Waals surface area contributed by atoms with E-state index in [1.807, 2.05) is 42.6 Å². The van der Waals surface area contributed by atoms with Gasteiger partial charge in [-0.2, -0.15) is 0 Å². The highest BCUT2D eigenvalue weighted by Gasteiger charge is 2.50. The number of aliphatic hydroxyl groups is 1.